The Hall–Kier alpha value is -2.95. The summed E-state index contributed by atoms with van der Waals surface area (Å²) in [5, 5.41) is 20.2. The minimum Gasteiger partial charge on any atom is -0.389 e. The summed E-state index contributed by atoms with van der Waals surface area (Å²) in [5.74, 6) is -0.894. The van der Waals surface area contributed by atoms with E-state index >= 15 is 0 Å². The summed E-state index contributed by atoms with van der Waals surface area (Å²) in [7, 11) is 0. The summed E-state index contributed by atoms with van der Waals surface area (Å²) in [6, 6.07) is 2.61. The van der Waals surface area contributed by atoms with Crippen LogP contribution in [0.25, 0.3) is 10.9 Å². The van der Waals surface area contributed by atoms with Crippen LogP contribution >= 0.6 is 0 Å². The van der Waals surface area contributed by atoms with Gasteiger partial charge in [0.15, 0.2) is 0 Å². The third kappa shape index (κ3) is 4.30. The second kappa shape index (κ2) is 7.08. The lowest BCUT2D eigenvalue weighted by atomic mass is 10.1. The lowest BCUT2D eigenvalue weighted by Crippen LogP contribution is -2.26. The number of hydrogen-bond acceptors (Lipinski definition) is 6. The van der Waals surface area contributed by atoms with E-state index < -0.39 is 23.2 Å². The molecule has 0 amide bonds. The van der Waals surface area contributed by atoms with Gasteiger partial charge in [0.05, 0.1) is 24.0 Å². The normalized spacial score (nSPS) is 14.9. The van der Waals surface area contributed by atoms with Crippen molar-refractivity contribution in [3.8, 4) is 0 Å². The number of rotatable bonds is 6. The van der Waals surface area contributed by atoms with Crippen LogP contribution in [0.1, 0.15) is 32.3 Å². The number of benzene rings is 1. The summed E-state index contributed by atoms with van der Waals surface area (Å²) in [4.78, 5) is 7.78. The summed E-state index contributed by atoms with van der Waals surface area (Å²) >= 11 is 0. The predicted octanol–water partition coefficient (Wildman–Crippen LogP) is 4.07. The van der Waals surface area contributed by atoms with Gasteiger partial charge in [0.1, 0.15) is 22.7 Å². The summed E-state index contributed by atoms with van der Waals surface area (Å²) in [6.45, 7) is 3.21. The predicted molar refractivity (Wildman–Crippen MR) is 103 cm³/mol. The molecule has 0 spiro atoms. The molecule has 2 aromatic heterocycles. The molecule has 0 bridgehead atoms. The quantitative estimate of drug-likeness (QED) is 0.517. The van der Waals surface area contributed by atoms with Crippen molar-refractivity contribution in [2.45, 2.75) is 51.1 Å². The zero-order valence-corrected chi connectivity index (χ0v) is 16.3. The molecule has 7 nitrogen and oxygen atoms in total. The lowest BCUT2D eigenvalue weighted by Gasteiger charge is -2.18. The fraction of sp³-hybridized carbons (Fsp3) is 0.421. The second-order valence-electron chi connectivity index (χ2n) is 7.97. The zero-order valence-electron chi connectivity index (χ0n) is 16.3. The van der Waals surface area contributed by atoms with E-state index in [-0.39, 0.29) is 29.9 Å². The molecule has 4 rings (SSSR count). The molecule has 11 heteroatoms. The van der Waals surface area contributed by atoms with Gasteiger partial charge in [-0.3, -0.25) is 4.68 Å². The Kier molecular flexibility index (Phi) is 4.80. The number of nitrogens with one attached hydrogen (secondary N) is 2. The molecule has 0 radical (unpaired) electrons. The molecule has 2 heterocycles. The van der Waals surface area contributed by atoms with Crippen LogP contribution in [0.3, 0.4) is 0 Å². The third-order valence-corrected chi connectivity index (χ3v) is 4.55. The van der Waals surface area contributed by atoms with Crippen LogP contribution in [0.4, 0.5) is 35.0 Å². The van der Waals surface area contributed by atoms with Crippen molar-refractivity contribution in [1.82, 2.24) is 19.7 Å². The minimum atomic E-state index is -4.59. The number of aromatic nitrogens is 4. The number of aliphatic hydroxyl groups is 1. The van der Waals surface area contributed by atoms with E-state index in [1.165, 1.54) is 23.0 Å². The first-order valence-electron chi connectivity index (χ1n) is 9.35. The molecule has 0 atom stereocenters. The summed E-state index contributed by atoms with van der Waals surface area (Å²) in [5.41, 5.74) is -1.52. The summed E-state index contributed by atoms with van der Waals surface area (Å²) < 4.78 is 55.5. The largest absolute Gasteiger partial charge is 0.421 e. The highest BCUT2D eigenvalue weighted by atomic mass is 19.4. The first-order chi connectivity index (χ1) is 14.0. The van der Waals surface area contributed by atoms with Gasteiger partial charge in [-0.05, 0) is 38.8 Å². The Bertz CT molecular complexity index is 1090. The maximum absolute atomic E-state index is 14.4. The highest BCUT2D eigenvalue weighted by molar-refractivity contribution is 5.93. The molecule has 1 aliphatic rings. The van der Waals surface area contributed by atoms with Gasteiger partial charge >= 0.3 is 6.18 Å². The van der Waals surface area contributed by atoms with Crippen molar-refractivity contribution in [3.63, 3.8) is 0 Å². The molecule has 160 valence electrons. The van der Waals surface area contributed by atoms with E-state index in [9.17, 15) is 22.7 Å². The van der Waals surface area contributed by atoms with Crippen molar-refractivity contribution < 1.29 is 22.7 Å². The Balaban J connectivity index is 1.70. The lowest BCUT2D eigenvalue weighted by molar-refractivity contribution is -0.137. The van der Waals surface area contributed by atoms with Crippen LogP contribution in [0.5, 0.6) is 0 Å². The van der Waals surface area contributed by atoms with Crippen molar-refractivity contribution in [1.29, 1.82) is 0 Å². The molecule has 1 aromatic carbocycles. The van der Waals surface area contributed by atoms with Crippen molar-refractivity contribution in [2.75, 3.05) is 10.6 Å². The van der Waals surface area contributed by atoms with E-state index in [2.05, 4.69) is 25.7 Å². The van der Waals surface area contributed by atoms with Crippen LogP contribution in [0, 0.1) is 5.82 Å². The number of hydrogen-bond donors (Lipinski definition) is 3. The second-order valence-corrected chi connectivity index (χ2v) is 7.97. The van der Waals surface area contributed by atoms with Gasteiger partial charge in [0.25, 0.3) is 0 Å². The number of nitrogens with zero attached hydrogens (tertiary/aromatic N) is 4. The smallest absolute Gasteiger partial charge is 0.389 e. The molecule has 3 aromatic rings. The van der Waals surface area contributed by atoms with E-state index in [4.69, 9.17) is 0 Å². The molecule has 1 saturated carbocycles. The van der Waals surface area contributed by atoms with Crippen LogP contribution in [-0.2, 0) is 12.7 Å². The van der Waals surface area contributed by atoms with Gasteiger partial charge in [-0.15, -0.1) is 0 Å². The Morgan fingerprint density at radius 2 is 1.93 bits per heavy atom. The fourth-order valence-electron chi connectivity index (χ4n) is 3.06. The SMILES string of the molecule is CC(C)(O)Cn1ncc2c(Nc3ncc(C(F)(F)F)c(NC4CC4)n3)ccc(F)c21. The Morgan fingerprint density at radius 3 is 2.57 bits per heavy atom. The van der Waals surface area contributed by atoms with Crippen LogP contribution in [-0.4, -0.2) is 36.5 Å². The topological polar surface area (TPSA) is 87.9 Å². The van der Waals surface area contributed by atoms with Gasteiger partial charge in [-0.2, -0.15) is 23.3 Å². The van der Waals surface area contributed by atoms with Crippen LogP contribution in [0.15, 0.2) is 24.5 Å². The molecule has 3 N–H and O–H groups in total. The average Bonchev–Trinajstić information content (AvgIpc) is 3.33. The third-order valence-electron chi connectivity index (χ3n) is 4.55. The zero-order chi connectivity index (χ0) is 21.7. The molecule has 0 aliphatic heterocycles. The van der Waals surface area contributed by atoms with Crippen molar-refractivity contribution in [2.24, 2.45) is 0 Å². The van der Waals surface area contributed by atoms with Gasteiger partial charge in [-0.1, -0.05) is 0 Å². The molecule has 0 unspecified atom stereocenters. The minimum absolute atomic E-state index is 0.0357. The van der Waals surface area contributed by atoms with Crippen LogP contribution < -0.4 is 10.6 Å². The standard InChI is InChI=1S/C19H20F4N6O/c1-18(2,30)9-29-15-11(7-25-29)14(6-5-13(15)20)27-17-24-8-12(19(21,22)23)16(28-17)26-10-3-4-10/h5-8,10,30H,3-4,9H2,1-2H3,(H2,24,26,27,28). The fourth-order valence-corrected chi connectivity index (χ4v) is 3.06. The summed E-state index contributed by atoms with van der Waals surface area (Å²) in [6.07, 6.45) is -0.887. The van der Waals surface area contributed by atoms with Crippen LogP contribution in [0.2, 0.25) is 0 Å². The van der Waals surface area contributed by atoms with E-state index in [1.54, 1.807) is 13.8 Å². The maximum Gasteiger partial charge on any atom is 0.421 e. The maximum atomic E-state index is 14.4. The Labute approximate surface area is 169 Å². The van der Waals surface area contributed by atoms with E-state index in [1.807, 2.05) is 0 Å². The van der Waals surface area contributed by atoms with E-state index in [0.29, 0.717) is 11.1 Å². The average molecular weight is 424 g/mol. The molecular formula is C19H20F4N6O. The molecule has 1 fully saturated rings. The van der Waals surface area contributed by atoms with Gasteiger partial charge < -0.3 is 15.7 Å². The molecule has 0 saturated heterocycles. The van der Waals surface area contributed by atoms with Gasteiger partial charge in [0, 0.05) is 17.6 Å². The molecule has 1 aliphatic carbocycles. The number of alkyl halides is 3. The van der Waals surface area contributed by atoms with E-state index in [0.717, 1.165) is 19.0 Å². The van der Waals surface area contributed by atoms with Gasteiger partial charge in [0.2, 0.25) is 5.95 Å². The molecule has 30 heavy (non-hydrogen) atoms. The van der Waals surface area contributed by atoms with Gasteiger partial charge in [-0.25, -0.2) is 9.37 Å². The highest BCUT2D eigenvalue weighted by Gasteiger charge is 2.37. The number of anilines is 3. The Morgan fingerprint density at radius 1 is 1.20 bits per heavy atom. The first-order valence-corrected chi connectivity index (χ1v) is 9.35. The van der Waals surface area contributed by atoms with Crippen molar-refractivity contribution >= 4 is 28.4 Å². The number of fused-ring (bicyclic) bond motifs is 1. The monoisotopic (exact) mass is 424 g/mol. The van der Waals surface area contributed by atoms with Crippen molar-refractivity contribution in [3.05, 3.63) is 35.9 Å². The highest BCUT2D eigenvalue weighted by Crippen LogP contribution is 2.37. The first kappa shape index (κ1) is 20.3. The molecular weight excluding hydrogens is 404 g/mol. The number of halogens is 4.